The third-order valence-corrected chi connectivity index (χ3v) is 6.54. The molecule has 1 heterocycles. The van der Waals surface area contributed by atoms with Gasteiger partial charge in [-0.25, -0.2) is 0 Å². The van der Waals surface area contributed by atoms with E-state index in [-0.39, 0.29) is 11.8 Å². The summed E-state index contributed by atoms with van der Waals surface area (Å²) in [5.74, 6) is -0.745. The van der Waals surface area contributed by atoms with Crippen LogP contribution in [-0.4, -0.2) is 34.7 Å². The molecule has 1 saturated carbocycles. The minimum absolute atomic E-state index is 0.0288. The van der Waals surface area contributed by atoms with E-state index in [1.807, 2.05) is 29.2 Å². The standard InChI is InChI=1S/C25H29N3O3/c1-16(2)15-28-24(31)20-8-4-3-7-19(20)21(25(28)13-5-6-14-25)23(30)27-18-11-9-17(10-12-18)22(26)29/h3-4,7-12,16,21H,5-6,13-15H2,1-2H3,(H2,26,29)(H,27,30). The first-order valence-corrected chi connectivity index (χ1v) is 10.9. The minimum Gasteiger partial charge on any atom is -0.366 e. The number of hydrogen-bond acceptors (Lipinski definition) is 3. The van der Waals surface area contributed by atoms with E-state index in [1.54, 1.807) is 24.3 Å². The van der Waals surface area contributed by atoms with Crippen molar-refractivity contribution >= 4 is 23.4 Å². The number of benzene rings is 2. The molecule has 4 rings (SSSR count). The number of hydrogen-bond donors (Lipinski definition) is 2. The van der Waals surface area contributed by atoms with E-state index >= 15 is 0 Å². The molecule has 2 aromatic rings. The van der Waals surface area contributed by atoms with Crippen LogP contribution >= 0.6 is 0 Å². The lowest BCUT2D eigenvalue weighted by Gasteiger charge is -2.50. The molecule has 1 aliphatic heterocycles. The fourth-order valence-corrected chi connectivity index (χ4v) is 5.23. The van der Waals surface area contributed by atoms with Gasteiger partial charge >= 0.3 is 0 Å². The predicted octanol–water partition coefficient (Wildman–Crippen LogP) is 3.93. The van der Waals surface area contributed by atoms with Crippen LogP contribution in [0.25, 0.3) is 0 Å². The van der Waals surface area contributed by atoms with Crippen LogP contribution in [0.3, 0.4) is 0 Å². The Hall–Kier alpha value is -3.15. The number of nitrogens with two attached hydrogens (primary N) is 1. The van der Waals surface area contributed by atoms with Crippen molar-refractivity contribution in [3.8, 4) is 0 Å². The lowest BCUT2D eigenvalue weighted by atomic mass is 9.70. The Labute approximate surface area is 182 Å². The number of carbonyl (C=O) groups excluding carboxylic acids is 3. The molecule has 6 heteroatoms. The summed E-state index contributed by atoms with van der Waals surface area (Å²) in [6, 6.07) is 14.1. The molecule has 1 unspecified atom stereocenters. The van der Waals surface area contributed by atoms with Gasteiger partial charge in [0.2, 0.25) is 11.8 Å². The maximum Gasteiger partial charge on any atom is 0.254 e. The largest absolute Gasteiger partial charge is 0.366 e. The average Bonchev–Trinajstić information content (AvgIpc) is 3.21. The quantitative estimate of drug-likeness (QED) is 0.769. The number of carbonyl (C=O) groups is 3. The monoisotopic (exact) mass is 419 g/mol. The zero-order valence-corrected chi connectivity index (χ0v) is 18.1. The summed E-state index contributed by atoms with van der Waals surface area (Å²) in [6.45, 7) is 4.84. The van der Waals surface area contributed by atoms with Crippen molar-refractivity contribution in [2.45, 2.75) is 51.0 Å². The molecule has 6 nitrogen and oxygen atoms in total. The van der Waals surface area contributed by atoms with Crippen LogP contribution < -0.4 is 11.1 Å². The zero-order chi connectivity index (χ0) is 22.2. The molecular formula is C25H29N3O3. The van der Waals surface area contributed by atoms with Crippen LogP contribution in [-0.2, 0) is 4.79 Å². The Morgan fingerprint density at radius 2 is 1.74 bits per heavy atom. The Morgan fingerprint density at radius 3 is 2.35 bits per heavy atom. The van der Waals surface area contributed by atoms with Gasteiger partial charge < -0.3 is 16.0 Å². The number of amides is 3. The molecular weight excluding hydrogens is 390 g/mol. The second kappa shape index (κ2) is 8.17. The van der Waals surface area contributed by atoms with Gasteiger partial charge in [0.25, 0.3) is 5.91 Å². The number of nitrogens with zero attached hydrogens (tertiary/aromatic N) is 1. The Balaban J connectivity index is 1.75. The van der Waals surface area contributed by atoms with Gasteiger partial charge in [0.1, 0.15) is 0 Å². The second-order valence-electron chi connectivity index (χ2n) is 9.07. The first-order chi connectivity index (χ1) is 14.8. The van der Waals surface area contributed by atoms with Crippen LogP contribution in [0.2, 0.25) is 0 Å². The van der Waals surface area contributed by atoms with Gasteiger partial charge in [-0.3, -0.25) is 14.4 Å². The second-order valence-corrected chi connectivity index (χ2v) is 9.07. The number of rotatable bonds is 5. The highest BCUT2D eigenvalue weighted by Gasteiger charge is 2.55. The number of anilines is 1. The van der Waals surface area contributed by atoms with E-state index in [0.717, 1.165) is 31.2 Å². The van der Waals surface area contributed by atoms with Crippen molar-refractivity contribution in [2.24, 2.45) is 11.7 Å². The molecule has 2 aromatic carbocycles. The van der Waals surface area contributed by atoms with Crippen molar-refractivity contribution in [3.05, 3.63) is 65.2 Å². The van der Waals surface area contributed by atoms with Crippen molar-refractivity contribution in [3.63, 3.8) is 0 Å². The first kappa shape index (κ1) is 21.1. The van der Waals surface area contributed by atoms with Crippen LogP contribution in [0.1, 0.15) is 71.7 Å². The molecule has 2 aliphatic rings. The van der Waals surface area contributed by atoms with E-state index in [0.29, 0.717) is 29.3 Å². The van der Waals surface area contributed by atoms with Gasteiger partial charge in [-0.05, 0) is 54.7 Å². The molecule has 1 fully saturated rings. The minimum atomic E-state index is -0.508. The van der Waals surface area contributed by atoms with Crippen molar-refractivity contribution in [1.82, 2.24) is 4.90 Å². The third kappa shape index (κ3) is 3.71. The summed E-state index contributed by atoms with van der Waals surface area (Å²) in [5.41, 5.74) is 7.23. The van der Waals surface area contributed by atoms with Gasteiger partial charge in [0.05, 0.1) is 11.5 Å². The van der Waals surface area contributed by atoms with E-state index < -0.39 is 17.4 Å². The van der Waals surface area contributed by atoms with Gasteiger partial charge in [0, 0.05) is 23.4 Å². The maximum absolute atomic E-state index is 13.7. The Morgan fingerprint density at radius 1 is 1.10 bits per heavy atom. The maximum atomic E-state index is 13.7. The highest BCUT2D eigenvalue weighted by atomic mass is 16.2. The van der Waals surface area contributed by atoms with E-state index in [1.165, 1.54) is 0 Å². The van der Waals surface area contributed by atoms with Crippen molar-refractivity contribution in [2.75, 3.05) is 11.9 Å². The van der Waals surface area contributed by atoms with Crippen molar-refractivity contribution in [1.29, 1.82) is 0 Å². The fourth-order valence-electron chi connectivity index (χ4n) is 5.23. The Kier molecular flexibility index (Phi) is 5.56. The average molecular weight is 420 g/mol. The lowest BCUT2D eigenvalue weighted by molar-refractivity contribution is -0.121. The van der Waals surface area contributed by atoms with Crippen LogP contribution in [0.15, 0.2) is 48.5 Å². The first-order valence-electron chi connectivity index (χ1n) is 10.9. The fraction of sp³-hybridized carbons (Fsp3) is 0.400. The zero-order valence-electron chi connectivity index (χ0n) is 18.1. The van der Waals surface area contributed by atoms with E-state index in [9.17, 15) is 14.4 Å². The molecule has 31 heavy (non-hydrogen) atoms. The summed E-state index contributed by atoms with van der Waals surface area (Å²) in [5, 5.41) is 3.03. The normalized spacial score (nSPS) is 19.5. The number of fused-ring (bicyclic) bond motifs is 1. The molecule has 3 amide bonds. The Bertz CT molecular complexity index is 1010. The van der Waals surface area contributed by atoms with E-state index in [2.05, 4.69) is 19.2 Å². The molecule has 3 N–H and O–H groups in total. The SMILES string of the molecule is CC(C)CN1C(=O)c2ccccc2C(C(=O)Nc2ccc(C(N)=O)cc2)C12CCCC2. The highest BCUT2D eigenvalue weighted by Crippen LogP contribution is 2.50. The molecule has 0 radical (unpaired) electrons. The summed E-state index contributed by atoms with van der Waals surface area (Å²) < 4.78 is 0. The molecule has 0 saturated heterocycles. The summed E-state index contributed by atoms with van der Waals surface area (Å²) >= 11 is 0. The smallest absolute Gasteiger partial charge is 0.254 e. The molecule has 0 aromatic heterocycles. The summed E-state index contributed by atoms with van der Waals surface area (Å²) in [6.07, 6.45) is 3.64. The molecule has 1 atom stereocenters. The predicted molar refractivity (Wildman–Crippen MR) is 120 cm³/mol. The van der Waals surface area contributed by atoms with Gasteiger partial charge in [-0.15, -0.1) is 0 Å². The third-order valence-electron chi connectivity index (χ3n) is 6.54. The number of nitrogens with one attached hydrogen (secondary N) is 1. The van der Waals surface area contributed by atoms with Crippen LogP contribution in [0, 0.1) is 5.92 Å². The van der Waals surface area contributed by atoms with Crippen LogP contribution in [0.4, 0.5) is 5.69 Å². The summed E-state index contributed by atoms with van der Waals surface area (Å²) in [4.78, 5) is 40.5. The van der Waals surface area contributed by atoms with E-state index in [4.69, 9.17) is 5.73 Å². The van der Waals surface area contributed by atoms with Gasteiger partial charge in [-0.1, -0.05) is 44.9 Å². The lowest BCUT2D eigenvalue weighted by Crippen LogP contribution is -2.60. The highest BCUT2D eigenvalue weighted by molar-refractivity contribution is 6.05. The van der Waals surface area contributed by atoms with Crippen LogP contribution in [0.5, 0.6) is 0 Å². The van der Waals surface area contributed by atoms with Crippen molar-refractivity contribution < 1.29 is 14.4 Å². The topological polar surface area (TPSA) is 92.5 Å². The summed E-state index contributed by atoms with van der Waals surface area (Å²) in [7, 11) is 0. The van der Waals surface area contributed by atoms with Gasteiger partial charge in [-0.2, -0.15) is 0 Å². The molecule has 1 aliphatic carbocycles. The molecule has 0 bridgehead atoms. The van der Waals surface area contributed by atoms with Gasteiger partial charge in [0.15, 0.2) is 0 Å². The molecule has 162 valence electrons. The number of primary amides is 1. The molecule has 1 spiro atoms.